The van der Waals surface area contributed by atoms with Crippen molar-refractivity contribution in [1.29, 1.82) is 0 Å². The molecule has 5 nitrogen and oxygen atoms in total. The van der Waals surface area contributed by atoms with Crippen LogP contribution in [-0.4, -0.2) is 19.4 Å². The minimum Gasteiger partial charge on any atom is -0.346 e. The summed E-state index contributed by atoms with van der Waals surface area (Å²) in [7, 11) is 0. The van der Waals surface area contributed by atoms with Crippen LogP contribution in [0.25, 0.3) is 49.7 Å². The van der Waals surface area contributed by atoms with Crippen molar-refractivity contribution in [1.82, 2.24) is 19.4 Å². The topological polar surface area (TPSA) is 46.3 Å². The summed E-state index contributed by atoms with van der Waals surface area (Å²) in [4.78, 5) is 16.5. The molecule has 0 aliphatic carbocycles. The molecule has 6 heteroatoms. The summed E-state index contributed by atoms with van der Waals surface area (Å²) in [6, 6.07) is 46.3. The second-order valence-corrected chi connectivity index (χ2v) is 9.60. The van der Waals surface area contributed by atoms with Gasteiger partial charge in [0.1, 0.15) is 5.65 Å². The number of benzene rings is 4. The van der Waals surface area contributed by atoms with Crippen molar-refractivity contribution < 1.29 is 21.1 Å². The molecule has 0 spiro atoms. The quantitative estimate of drug-likeness (QED) is 0.137. The van der Waals surface area contributed by atoms with Crippen LogP contribution in [0, 0.1) is 12.1 Å². The van der Waals surface area contributed by atoms with Gasteiger partial charge in [-0.15, -0.1) is 48.0 Å². The van der Waals surface area contributed by atoms with Crippen LogP contribution in [0.5, 0.6) is 0 Å². The molecule has 4 aromatic carbocycles. The number of imidazole rings is 1. The molecule has 0 saturated carbocycles. The third kappa shape index (κ3) is 4.17. The van der Waals surface area contributed by atoms with Crippen LogP contribution in [0.15, 0.2) is 128 Å². The van der Waals surface area contributed by atoms with Gasteiger partial charge in [-0.3, -0.25) is 0 Å². The Kier molecular flexibility index (Phi) is 6.30. The van der Waals surface area contributed by atoms with Crippen molar-refractivity contribution in [2.24, 2.45) is 0 Å². The van der Waals surface area contributed by atoms with Gasteiger partial charge < -0.3 is 19.3 Å². The molecule has 0 amide bonds. The first-order valence-corrected chi connectivity index (χ1v) is 13.1. The van der Waals surface area contributed by atoms with Gasteiger partial charge in [0.15, 0.2) is 0 Å². The minimum absolute atomic E-state index is 0. The van der Waals surface area contributed by atoms with Crippen molar-refractivity contribution in [2.45, 2.75) is 0 Å². The third-order valence-corrected chi connectivity index (χ3v) is 7.21. The first-order valence-electron chi connectivity index (χ1n) is 13.1. The van der Waals surface area contributed by atoms with Crippen molar-refractivity contribution in [3.8, 4) is 11.3 Å². The monoisotopic (exact) mass is 706 g/mol. The van der Waals surface area contributed by atoms with Gasteiger partial charge in [-0.05, 0) is 59.0 Å². The summed E-state index contributed by atoms with van der Waals surface area (Å²) in [5.74, 6) is 0. The predicted molar refractivity (Wildman–Crippen MR) is 161 cm³/mol. The molecule has 0 N–H and O–H groups in total. The van der Waals surface area contributed by atoms with E-state index in [1.807, 2.05) is 66.9 Å². The zero-order chi connectivity index (χ0) is 26.5. The van der Waals surface area contributed by atoms with Crippen LogP contribution in [0.1, 0.15) is 0 Å². The zero-order valence-electron chi connectivity index (χ0n) is 21.7. The van der Waals surface area contributed by atoms with Crippen LogP contribution in [0.2, 0.25) is 0 Å². The molecule has 0 saturated heterocycles. The molecule has 4 heterocycles. The molecule has 0 fully saturated rings. The van der Waals surface area contributed by atoms with Gasteiger partial charge in [0.2, 0.25) is 0 Å². The van der Waals surface area contributed by atoms with E-state index in [9.17, 15) is 0 Å². The third-order valence-electron chi connectivity index (χ3n) is 7.21. The molecule has 41 heavy (non-hydrogen) atoms. The maximum atomic E-state index is 4.97. The molecule has 4 aromatic heterocycles. The van der Waals surface area contributed by atoms with E-state index in [1.54, 1.807) is 6.20 Å². The Morgan fingerprint density at radius 3 is 2.29 bits per heavy atom. The molecule has 0 bridgehead atoms. The Labute approximate surface area is 251 Å². The summed E-state index contributed by atoms with van der Waals surface area (Å²) in [5, 5.41) is 1.93. The standard InChI is InChI=1S/C35H21N5.Pt/c1-2-11-25(12-3-1)39(26-13-8-10-24(22-26)30-15-6-7-20-36-30)27-18-19-32-29(23-27)34-28(14-9-21-37-34)35-38-31-16-4-5-17-33(31)40(32)35;/h1-21H;/q-2;+2. The van der Waals surface area contributed by atoms with E-state index < -0.39 is 0 Å². The van der Waals surface area contributed by atoms with Gasteiger partial charge in [0, 0.05) is 29.0 Å². The van der Waals surface area contributed by atoms with Gasteiger partial charge in [0.25, 0.3) is 0 Å². The number of nitrogens with zero attached hydrogens (tertiary/aromatic N) is 5. The van der Waals surface area contributed by atoms with Crippen molar-refractivity contribution in [3.05, 3.63) is 140 Å². The van der Waals surface area contributed by atoms with E-state index >= 15 is 0 Å². The van der Waals surface area contributed by atoms with Gasteiger partial charge in [0.05, 0.1) is 11.0 Å². The second kappa shape index (κ2) is 10.3. The summed E-state index contributed by atoms with van der Waals surface area (Å²) < 4.78 is 2.22. The van der Waals surface area contributed by atoms with E-state index in [4.69, 9.17) is 9.97 Å². The van der Waals surface area contributed by atoms with Crippen molar-refractivity contribution in [3.63, 3.8) is 0 Å². The van der Waals surface area contributed by atoms with E-state index in [1.165, 1.54) is 0 Å². The first kappa shape index (κ1) is 25.1. The van der Waals surface area contributed by atoms with Gasteiger partial charge in [-0.25, -0.2) is 4.98 Å². The fourth-order valence-electron chi connectivity index (χ4n) is 5.45. The molecule has 0 aliphatic heterocycles. The predicted octanol–water partition coefficient (Wildman–Crippen LogP) is 8.32. The van der Waals surface area contributed by atoms with Crippen molar-refractivity contribution in [2.75, 3.05) is 4.90 Å². The number of anilines is 3. The molecule has 0 unspecified atom stereocenters. The number of hydrogen-bond acceptors (Lipinski definition) is 4. The largest absolute Gasteiger partial charge is 2.00 e. The molecular weight excluding hydrogens is 685 g/mol. The normalized spacial score (nSPS) is 11.2. The van der Waals surface area contributed by atoms with Gasteiger partial charge in [-0.2, -0.15) is 0 Å². The SMILES string of the molecule is [Pt+2].[c-]1c(-c2ccccn2)cccc1N(c1[c-]c2c3ncccc3c3nc4ccccc4n3c2cc1)c1ccccc1. The maximum Gasteiger partial charge on any atom is 2.00 e. The summed E-state index contributed by atoms with van der Waals surface area (Å²) in [6.45, 7) is 0. The number of rotatable bonds is 4. The summed E-state index contributed by atoms with van der Waals surface area (Å²) in [6.07, 6.45) is 3.64. The molecule has 8 aromatic rings. The van der Waals surface area contributed by atoms with E-state index in [0.717, 1.165) is 66.8 Å². The smallest absolute Gasteiger partial charge is 0.346 e. The van der Waals surface area contributed by atoms with Gasteiger partial charge in [-0.1, -0.05) is 53.9 Å². The zero-order valence-corrected chi connectivity index (χ0v) is 23.9. The van der Waals surface area contributed by atoms with Gasteiger partial charge >= 0.3 is 21.1 Å². The Morgan fingerprint density at radius 1 is 0.610 bits per heavy atom. The number of fused-ring (bicyclic) bond motifs is 8. The molecular formula is C35H21N5Pt. The summed E-state index contributed by atoms with van der Waals surface area (Å²) in [5.41, 5.74) is 9.41. The Hall–Kier alpha value is -4.86. The average Bonchev–Trinajstić information content (AvgIpc) is 3.43. The Bertz CT molecular complexity index is 2180. The first-order chi connectivity index (χ1) is 19.8. The van der Waals surface area contributed by atoms with Crippen LogP contribution >= 0.6 is 0 Å². The van der Waals surface area contributed by atoms with Crippen LogP contribution < -0.4 is 4.90 Å². The summed E-state index contributed by atoms with van der Waals surface area (Å²) >= 11 is 0. The average molecular weight is 707 g/mol. The van der Waals surface area contributed by atoms with Crippen molar-refractivity contribution >= 4 is 55.5 Å². The molecule has 196 valence electrons. The number of aromatic nitrogens is 4. The number of para-hydroxylation sites is 3. The fourth-order valence-corrected chi connectivity index (χ4v) is 5.45. The Balaban J connectivity index is 0.00000276. The minimum atomic E-state index is 0. The molecule has 0 atom stereocenters. The molecule has 0 radical (unpaired) electrons. The number of pyridine rings is 3. The number of hydrogen-bond donors (Lipinski definition) is 0. The second-order valence-electron chi connectivity index (χ2n) is 9.60. The van der Waals surface area contributed by atoms with E-state index in [0.29, 0.717) is 0 Å². The van der Waals surface area contributed by atoms with E-state index in [-0.39, 0.29) is 21.1 Å². The maximum absolute atomic E-state index is 4.97. The van der Waals surface area contributed by atoms with Crippen LogP contribution in [0.4, 0.5) is 17.1 Å². The Morgan fingerprint density at radius 2 is 1.41 bits per heavy atom. The van der Waals surface area contributed by atoms with E-state index in [2.05, 4.69) is 81.0 Å². The molecule has 8 rings (SSSR count). The fraction of sp³-hybridized carbons (Fsp3) is 0. The molecule has 0 aliphatic rings. The van der Waals surface area contributed by atoms with Crippen LogP contribution in [-0.2, 0) is 21.1 Å². The van der Waals surface area contributed by atoms with Crippen LogP contribution in [0.3, 0.4) is 0 Å².